The first kappa shape index (κ1) is 13.9. The van der Waals surface area contributed by atoms with Crippen LogP contribution in [0.25, 0.3) is 11.4 Å². The summed E-state index contributed by atoms with van der Waals surface area (Å²) < 4.78 is 7.23. The topological polar surface area (TPSA) is 78.8 Å². The third-order valence-corrected chi connectivity index (χ3v) is 4.17. The van der Waals surface area contributed by atoms with Crippen LogP contribution in [-0.2, 0) is 0 Å². The van der Waals surface area contributed by atoms with Crippen molar-refractivity contribution in [3.63, 3.8) is 0 Å². The summed E-state index contributed by atoms with van der Waals surface area (Å²) in [7, 11) is 1.63. The van der Waals surface area contributed by atoms with Crippen LogP contribution in [-0.4, -0.2) is 27.3 Å². The Labute approximate surface area is 124 Å². The Morgan fingerprint density at radius 1 is 1.29 bits per heavy atom. The molecule has 1 aromatic carbocycles. The molecule has 2 aromatic rings. The molecule has 1 fully saturated rings. The SMILES string of the molecule is COc1cc(N)cc(-c2nnnn2C2CCCC(C)C2)c1. The van der Waals surface area contributed by atoms with E-state index in [1.165, 1.54) is 12.8 Å². The van der Waals surface area contributed by atoms with Crippen LogP contribution in [0.15, 0.2) is 18.2 Å². The van der Waals surface area contributed by atoms with Crippen LogP contribution in [0.5, 0.6) is 5.75 Å². The molecule has 3 rings (SSSR count). The molecular formula is C15H21N5O. The molecular weight excluding hydrogens is 266 g/mol. The molecule has 0 radical (unpaired) electrons. The quantitative estimate of drug-likeness (QED) is 0.878. The van der Waals surface area contributed by atoms with Gasteiger partial charge in [0.25, 0.3) is 0 Å². The van der Waals surface area contributed by atoms with E-state index in [9.17, 15) is 0 Å². The molecule has 0 spiro atoms. The molecule has 0 saturated heterocycles. The first-order chi connectivity index (χ1) is 10.2. The lowest BCUT2D eigenvalue weighted by Gasteiger charge is -2.27. The van der Waals surface area contributed by atoms with Gasteiger partial charge in [0.15, 0.2) is 5.82 Å². The molecule has 0 bridgehead atoms. The van der Waals surface area contributed by atoms with Crippen LogP contribution >= 0.6 is 0 Å². The van der Waals surface area contributed by atoms with Crippen LogP contribution < -0.4 is 10.5 Å². The van der Waals surface area contributed by atoms with E-state index in [0.717, 1.165) is 35.9 Å². The molecule has 2 unspecified atom stereocenters. The zero-order valence-corrected chi connectivity index (χ0v) is 12.5. The molecule has 2 atom stereocenters. The molecule has 1 heterocycles. The van der Waals surface area contributed by atoms with E-state index in [1.807, 2.05) is 16.8 Å². The van der Waals surface area contributed by atoms with E-state index in [-0.39, 0.29) is 0 Å². The van der Waals surface area contributed by atoms with Crippen LogP contribution in [0, 0.1) is 5.92 Å². The van der Waals surface area contributed by atoms with Gasteiger partial charge in [-0.15, -0.1) is 5.10 Å². The molecule has 1 aliphatic rings. The van der Waals surface area contributed by atoms with Gasteiger partial charge in [0.2, 0.25) is 0 Å². The van der Waals surface area contributed by atoms with Crippen molar-refractivity contribution in [1.82, 2.24) is 20.2 Å². The van der Waals surface area contributed by atoms with Gasteiger partial charge in [-0.2, -0.15) is 0 Å². The highest BCUT2D eigenvalue weighted by Gasteiger charge is 2.24. The van der Waals surface area contributed by atoms with E-state index in [1.54, 1.807) is 13.2 Å². The van der Waals surface area contributed by atoms with Crippen LogP contribution in [0.2, 0.25) is 0 Å². The van der Waals surface area contributed by atoms with Gasteiger partial charge < -0.3 is 10.5 Å². The maximum absolute atomic E-state index is 5.93. The predicted octanol–water partition coefficient (Wildman–Crippen LogP) is 2.68. The lowest BCUT2D eigenvalue weighted by Crippen LogP contribution is -2.19. The third kappa shape index (κ3) is 2.84. The predicted molar refractivity (Wildman–Crippen MR) is 80.9 cm³/mol. The molecule has 1 aliphatic carbocycles. The van der Waals surface area contributed by atoms with Crippen molar-refractivity contribution >= 4 is 5.69 Å². The highest BCUT2D eigenvalue weighted by Crippen LogP contribution is 2.34. The van der Waals surface area contributed by atoms with Crippen LogP contribution in [0.3, 0.4) is 0 Å². The second-order valence-electron chi connectivity index (χ2n) is 5.87. The summed E-state index contributed by atoms with van der Waals surface area (Å²) in [6, 6.07) is 5.97. The number of aromatic nitrogens is 4. The van der Waals surface area contributed by atoms with E-state index in [2.05, 4.69) is 22.4 Å². The number of nitrogens with zero attached hydrogens (tertiary/aromatic N) is 4. The number of nitrogens with two attached hydrogens (primary N) is 1. The summed E-state index contributed by atoms with van der Waals surface area (Å²) in [5.74, 6) is 2.20. The fraction of sp³-hybridized carbons (Fsp3) is 0.533. The largest absolute Gasteiger partial charge is 0.497 e. The van der Waals surface area contributed by atoms with Gasteiger partial charge in [-0.05, 0) is 41.3 Å². The van der Waals surface area contributed by atoms with Gasteiger partial charge in [0.1, 0.15) is 5.75 Å². The maximum Gasteiger partial charge on any atom is 0.182 e. The number of benzene rings is 1. The summed E-state index contributed by atoms with van der Waals surface area (Å²) in [6.45, 7) is 2.29. The monoisotopic (exact) mass is 287 g/mol. The zero-order valence-electron chi connectivity index (χ0n) is 12.5. The minimum absolute atomic E-state index is 0.367. The van der Waals surface area contributed by atoms with Gasteiger partial charge in [-0.1, -0.05) is 19.8 Å². The summed E-state index contributed by atoms with van der Waals surface area (Å²) in [6.07, 6.45) is 4.77. The fourth-order valence-corrected chi connectivity index (χ4v) is 3.12. The van der Waals surface area contributed by atoms with E-state index in [0.29, 0.717) is 11.7 Å². The number of hydrogen-bond acceptors (Lipinski definition) is 5. The maximum atomic E-state index is 5.93. The number of tetrazole rings is 1. The Morgan fingerprint density at radius 3 is 2.90 bits per heavy atom. The number of ether oxygens (including phenoxy) is 1. The Kier molecular flexibility index (Phi) is 3.77. The number of methoxy groups -OCH3 is 1. The van der Waals surface area contributed by atoms with Gasteiger partial charge in [-0.3, -0.25) is 0 Å². The number of hydrogen-bond donors (Lipinski definition) is 1. The van der Waals surface area contributed by atoms with Crippen molar-refractivity contribution in [3.05, 3.63) is 18.2 Å². The normalized spacial score (nSPS) is 22.2. The van der Waals surface area contributed by atoms with Crippen molar-refractivity contribution in [2.75, 3.05) is 12.8 Å². The van der Waals surface area contributed by atoms with Gasteiger partial charge in [0.05, 0.1) is 13.2 Å². The molecule has 112 valence electrons. The summed E-state index contributed by atoms with van der Waals surface area (Å²) >= 11 is 0. The van der Waals surface area contributed by atoms with Crippen molar-refractivity contribution in [1.29, 1.82) is 0 Å². The van der Waals surface area contributed by atoms with Crippen molar-refractivity contribution in [2.45, 2.75) is 38.6 Å². The number of nitrogen functional groups attached to an aromatic ring is 1. The third-order valence-electron chi connectivity index (χ3n) is 4.17. The smallest absolute Gasteiger partial charge is 0.182 e. The van der Waals surface area contributed by atoms with Crippen molar-refractivity contribution in [2.24, 2.45) is 5.92 Å². The van der Waals surface area contributed by atoms with Crippen LogP contribution in [0.4, 0.5) is 5.69 Å². The molecule has 0 amide bonds. The highest BCUT2D eigenvalue weighted by atomic mass is 16.5. The van der Waals surface area contributed by atoms with Gasteiger partial charge >= 0.3 is 0 Å². The first-order valence-electron chi connectivity index (χ1n) is 7.40. The Hall–Kier alpha value is -2.11. The zero-order chi connectivity index (χ0) is 14.8. The summed E-state index contributed by atoms with van der Waals surface area (Å²) in [4.78, 5) is 0. The molecule has 2 N–H and O–H groups in total. The number of anilines is 1. The fourth-order valence-electron chi connectivity index (χ4n) is 3.12. The Bertz CT molecular complexity index is 624. The summed E-state index contributed by atoms with van der Waals surface area (Å²) in [5.41, 5.74) is 7.48. The lowest BCUT2D eigenvalue weighted by molar-refractivity contribution is 0.265. The molecule has 6 nitrogen and oxygen atoms in total. The van der Waals surface area contributed by atoms with Crippen molar-refractivity contribution in [3.8, 4) is 17.1 Å². The molecule has 21 heavy (non-hydrogen) atoms. The molecule has 1 aromatic heterocycles. The first-order valence-corrected chi connectivity index (χ1v) is 7.40. The minimum Gasteiger partial charge on any atom is -0.497 e. The van der Waals surface area contributed by atoms with E-state index < -0.39 is 0 Å². The number of rotatable bonds is 3. The standard InChI is InChI=1S/C15H21N5O/c1-10-4-3-5-13(6-10)20-15(17-18-19-20)11-7-12(16)9-14(8-11)21-2/h7-10,13H,3-6,16H2,1-2H3. The van der Waals surface area contributed by atoms with E-state index in [4.69, 9.17) is 10.5 Å². The average Bonchev–Trinajstić information content (AvgIpc) is 2.96. The second kappa shape index (κ2) is 5.71. The molecule has 6 heteroatoms. The highest BCUT2D eigenvalue weighted by molar-refractivity contribution is 5.64. The average molecular weight is 287 g/mol. The second-order valence-corrected chi connectivity index (χ2v) is 5.87. The van der Waals surface area contributed by atoms with Gasteiger partial charge in [-0.25, -0.2) is 4.68 Å². The Morgan fingerprint density at radius 2 is 2.14 bits per heavy atom. The summed E-state index contributed by atoms with van der Waals surface area (Å²) in [5, 5.41) is 12.3. The van der Waals surface area contributed by atoms with Crippen molar-refractivity contribution < 1.29 is 4.74 Å². The van der Waals surface area contributed by atoms with Crippen LogP contribution in [0.1, 0.15) is 38.6 Å². The van der Waals surface area contributed by atoms with Gasteiger partial charge in [0, 0.05) is 17.3 Å². The minimum atomic E-state index is 0.367. The van der Waals surface area contributed by atoms with E-state index >= 15 is 0 Å². The Balaban J connectivity index is 1.97. The molecule has 1 saturated carbocycles. The lowest BCUT2D eigenvalue weighted by atomic mass is 9.87. The molecule has 0 aliphatic heterocycles.